The van der Waals surface area contributed by atoms with Crippen molar-refractivity contribution in [1.29, 1.82) is 0 Å². The Labute approximate surface area is 697 Å². The Hall–Kier alpha value is -12.6. The summed E-state index contributed by atoms with van der Waals surface area (Å²) < 4.78 is 103. The Kier molecular flexibility index (Phi) is 14.1. The van der Waals surface area contributed by atoms with Crippen LogP contribution in [-0.4, -0.2) is 20.4 Å². The van der Waals surface area contributed by atoms with Gasteiger partial charge < -0.3 is 23.5 Å². The predicted octanol–water partition coefficient (Wildman–Crippen LogP) is 28.2. The van der Waals surface area contributed by atoms with Crippen LogP contribution >= 0.6 is 0 Å². The lowest BCUT2D eigenvalue weighted by Crippen LogP contribution is -2.61. The maximum atomic E-state index is 10.2. The zero-order chi connectivity index (χ0) is 88.5. The number of aromatic nitrogens is 3. The molecule has 0 saturated heterocycles. The molecule has 0 N–H and O–H groups in total. The molecule has 0 saturated carbocycles. The molecule has 566 valence electrons. The van der Waals surface area contributed by atoms with E-state index in [-0.39, 0.29) is 57.0 Å². The van der Waals surface area contributed by atoms with E-state index in [1.807, 2.05) is 54.6 Å². The second-order valence-electron chi connectivity index (χ2n) is 37.1. The lowest BCUT2D eigenvalue weighted by molar-refractivity contribution is 0.590. The summed E-state index contributed by atoms with van der Waals surface area (Å²) in [5.74, 6) is 0. The molecule has 20 rings (SSSR count). The fourth-order valence-corrected chi connectivity index (χ4v) is 18.4. The van der Waals surface area contributed by atoms with Crippen LogP contribution in [0.5, 0.6) is 0 Å². The number of benzene rings is 15. The van der Waals surface area contributed by atoms with Crippen molar-refractivity contribution in [3.63, 3.8) is 0 Å². The number of para-hydroxylation sites is 3. The van der Waals surface area contributed by atoms with Crippen molar-refractivity contribution < 1.29 is 13.7 Å². The number of fused-ring (bicyclic) bond motifs is 13. The molecule has 18 aromatic rings. The molecule has 5 heterocycles. The predicted molar refractivity (Wildman–Crippen MR) is 499 cm³/mol. The topological polar surface area (TPSA) is 21.3 Å². The van der Waals surface area contributed by atoms with Crippen LogP contribution < -0.4 is 26.2 Å². The van der Waals surface area contributed by atoms with Crippen LogP contribution in [0.25, 0.3) is 127 Å². The molecule has 0 amide bonds. The first kappa shape index (κ1) is 61.8. The van der Waals surface area contributed by atoms with Crippen molar-refractivity contribution in [1.82, 2.24) is 13.7 Å². The molecular weight excluding hydrogens is 1400 g/mol. The highest BCUT2D eigenvalue weighted by molar-refractivity contribution is 7.00. The van der Waals surface area contributed by atoms with Gasteiger partial charge in [-0.3, -0.25) is 0 Å². The summed E-state index contributed by atoms with van der Waals surface area (Å²) in [5, 5.41) is 6.53. The minimum Gasteiger partial charge on any atom is -0.310 e. The van der Waals surface area contributed by atoms with E-state index in [2.05, 4.69) is 334 Å². The summed E-state index contributed by atoms with van der Waals surface area (Å²) in [4.78, 5) is 4.68. The summed E-state index contributed by atoms with van der Waals surface area (Å²) in [5.41, 5.74) is 24.7. The summed E-state index contributed by atoms with van der Waals surface area (Å²) in [6, 6.07) is 89.6. The van der Waals surface area contributed by atoms with E-state index in [4.69, 9.17) is 1.37 Å². The molecule has 0 spiro atoms. The van der Waals surface area contributed by atoms with Crippen molar-refractivity contribution in [2.24, 2.45) is 0 Å². The van der Waals surface area contributed by atoms with Crippen LogP contribution in [0.2, 0.25) is 0 Å². The van der Waals surface area contributed by atoms with E-state index in [1.54, 1.807) is 0 Å². The molecule has 6 heteroatoms. The van der Waals surface area contributed by atoms with E-state index in [9.17, 15) is 12.3 Å². The van der Waals surface area contributed by atoms with Gasteiger partial charge in [0.05, 0.1) is 63.9 Å². The van der Waals surface area contributed by atoms with Gasteiger partial charge in [0.1, 0.15) is 0 Å². The maximum absolute atomic E-state index is 10.2. The SMILES string of the molecule is [2H]c1c([2H])c([2H])c(-c2ccc3c(c2)N(c2c(-c4ccccc4)cc(C(C)(C)C)cc2-c2ccccc2)c2cc(-c4c([2H])c([2H])c([2H])c([2H])c4[2H])cc4c2B3c2ccc(-n3c5ccc(C(C)(C)C)cc5c5cc(C(C)(C)C)ccc53)cc2N4c2cccc3c4cccc(-n5c6ccc(C(C)(C)C)cc6c6cc(C(C)(C)C)ccc65)c4n(-c4ccccc4)c23)c([2H])c1[2H]. The Morgan fingerprint density at radius 2 is 0.647 bits per heavy atom. The van der Waals surface area contributed by atoms with E-state index < -0.39 is 48.4 Å². The minimum atomic E-state index is -0.681. The standard InChI is InChI=1S/C110H98BN5/c1-106(2,3)75-48-55-92-86(62-75)87-63-76(107(4,5)6)49-56-93(87)112(92)81-52-54-91-99(68-81)115(97-46-32-44-83-82-43-31-45-96(104(82)113(105(83)97)80-41-29-20-30-42-80)114-94-57-50-77(108(7,8)9)64-88(94)89-65-78(109(10,11)12)51-58-95(89)114)100-60-74(70-35-23-17-24-36-70)61-101-102(100)111(91)90-53-47-73(69-33-21-16-22-34-69)59-98(90)116(101)103-84(71-37-25-18-26-38-71)66-79(110(13,14)15)67-85(103)72-39-27-19-28-40-72/h16-68H,1-15H3/i16D,17D,21D,22D,23D,24D,33D,34D,35D,36D. The molecule has 116 heavy (non-hydrogen) atoms. The molecule has 0 fully saturated rings. The van der Waals surface area contributed by atoms with E-state index in [0.717, 1.165) is 144 Å². The van der Waals surface area contributed by atoms with Gasteiger partial charge in [-0.25, -0.2) is 0 Å². The Bertz CT molecular complexity index is 7420. The van der Waals surface area contributed by atoms with Crippen LogP contribution in [0.15, 0.2) is 321 Å². The highest BCUT2D eigenvalue weighted by Gasteiger charge is 2.46. The quantitative estimate of drug-likeness (QED) is 0.134. The van der Waals surface area contributed by atoms with Crippen molar-refractivity contribution in [2.75, 3.05) is 9.80 Å². The van der Waals surface area contributed by atoms with Crippen molar-refractivity contribution in [3.8, 4) is 61.6 Å². The Morgan fingerprint density at radius 3 is 1.11 bits per heavy atom. The van der Waals surface area contributed by atoms with Gasteiger partial charge in [-0.2, -0.15) is 0 Å². The van der Waals surface area contributed by atoms with E-state index >= 15 is 0 Å². The van der Waals surface area contributed by atoms with Crippen LogP contribution in [0.3, 0.4) is 0 Å². The van der Waals surface area contributed by atoms with Crippen LogP contribution in [0, 0.1) is 0 Å². The summed E-state index contributed by atoms with van der Waals surface area (Å²) >= 11 is 0. The van der Waals surface area contributed by atoms with Gasteiger partial charge in [0.2, 0.25) is 0 Å². The van der Waals surface area contributed by atoms with E-state index in [0.29, 0.717) is 28.2 Å². The number of hydrogen-bond acceptors (Lipinski definition) is 2. The molecule has 0 radical (unpaired) electrons. The Morgan fingerprint density at radius 1 is 0.250 bits per heavy atom. The van der Waals surface area contributed by atoms with Crippen molar-refractivity contribution in [2.45, 2.75) is 131 Å². The highest BCUT2D eigenvalue weighted by atomic mass is 15.2. The number of nitrogens with zero attached hydrogens (tertiary/aromatic N) is 5. The van der Waals surface area contributed by atoms with E-state index in [1.165, 1.54) is 22.3 Å². The van der Waals surface area contributed by atoms with Crippen LogP contribution in [0.1, 0.15) is 145 Å². The lowest BCUT2D eigenvalue weighted by atomic mass is 9.33. The average Bonchev–Trinajstić information content (AvgIpc) is 1.03. The fraction of sp³-hybridized carbons (Fsp3) is 0.182. The minimum absolute atomic E-state index is 0.00410. The van der Waals surface area contributed by atoms with Gasteiger partial charge in [-0.15, -0.1) is 0 Å². The smallest absolute Gasteiger partial charge is 0.252 e. The Balaban J connectivity index is 0.992. The van der Waals surface area contributed by atoms with Crippen molar-refractivity contribution in [3.05, 3.63) is 349 Å². The molecule has 5 nitrogen and oxygen atoms in total. The van der Waals surface area contributed by atoms with Gasteiger partial charge >= 0.3 is 0 Å². The largest absolute Gasteiger partial charge is 0.310 e. The van der Waals surface area contributed by atoms with Gasteiger partial charge in [0, 0.05) is 77.6 Å². The molecule has 0 bridgehead atoms. The fourth-order valence-electron chi connectivity index (χ4n) is 18.4. The summed E-state index contributed by atoms with van der Waals surface area (Å²) in [6.07, 6.45) is 0. The second-order valence-corrected chi connectivity index (χ2v) is 37.1. The molecule has 3 aromatic heterocycles. The summed E-state index contributed by atoms with van der Waals surface area (Å²) in [6.45, 7) is 33.2. The third-order valence-corrected chi connectivity index (χ3v) is 24.5. The van der Waals surface area contributed by atoms with Gasteiger partial charge in [-0.1, -0.05) is 310 Å². The highest BCUT2D eigenvalue weighted by Crippen LogP contribution is 2.55. The third-order valence-electron chi connectivity index (χ3n) is 24.5. The van der Waals surface area contributed by atoms with Crippen LogP contribution in [0.4, 0.5) is 34.1 Å². The molecule has 0 atom stereocenters. The maximum Gasteiger partial charge on any atom is 0.252 e. The lowest BCUT2D eigenvalue weighted by Gasteiger charge is -2.45. The zero-order valence-electron chi connectivity index (χ0n) is 78.6. The first-order chi connectivity index (χ1) is 59.9. The third kappa shape index (κ3) is 11.7. The molecule has 2 aliphatic rings. The molecule has 0 aliphatic carbocycles. The van der Waals surface area contributed by atoms with Crippen LogP contribution in [-0.2, 0) is 27.1 Å². The molecule has 2 aliphatic heterocycles. The number of hydrogen-bond donors (Lipinski definition) is 0. The second kappa shape index (κ2) is 26.5. The van der Waals surface area contributed by atoms with Gasteiger partial charge in [0.25, 0.3) is 6.71 Å². The molecular formula is C110H98BN5. The normalized spacial score (nSPS) is 14.5. The zero-order valence-corrected chi connectivity index (χ0v) is 68.6. The van der Waals surface area contributed by atoms with Gasteiger partial charge in [0.15, 0.2) is 0 Å². The first-order valence-corrected chi connectivity index (χ1v) is 40.7. The first-order valence-electron chi connectivity index (χ1n) is 45.7. The molecule has 0 unspecified atom stereocenters. The summed E-state index contributed by atoms with van der Waals surface area (Å²) in [7, 11) is 0. The van der Waals surface area contributed by atoms with Crippen molar-refractivity contribution >= 4 is 123 Å². The number of anilines is 6. The molecule has 15 aromatic carbocycles. The average molecular weight is 1510 g/mol. The van der Waals surface area contributed by atoms with Gasteiger partial charge in [-0.05, 0) is 220 Å². The number of rotatable bonds is 9. The monoisotopic (exact) mass is 1510 g/mol.